The molecule has 27 heavy (non-hydrogen) atoms. The third-order valence-electron chi connectivity index (χ3n) is 6.18. The quantitative estimate of drug-likeness (QED) is 0.804. The lowest BCUT2D eigenvalue weighted by Crippen LogP contribution is -2.60. The average Bonchev–Trinajstić information content (AvgIpc) is 2.85. The molecule has 1 spiro atoms. The fourth-order valence-electron chi connectivity index (χ4n) is 4.37. The number of piperidine rings is 1. The molecular weight excluding hydrogens is 344 g/mol. The third-order valence-corrected chi connectivity index (χ3v) is 6.18. The zero-order valence-electron chi connectivity index (χ0n) is 16.2. The van der Waals surface area contributed by atoms with Gasteiger partial charge in [-0.1, -0.05) is 0 Å². The Kier molecular flexibility index (Phi) is 5.56. The molecule has 148 valence electrons. The van der Waals surface area contributed by atoms with Crippen LogP contribution in [0.25, 0.3) is 0 Å². The highest BCUT2D eigenvalue weighted by molar-refractivity contribution is 5.86. The lowest BCUT2D eigenvalue weighted by atomic mass is 9.85. The van der Waals surface area contributed by atoms with Gasteiger partial charge in [0.1, 0.15) is 5.54 Å². The molecule has 0 bridgehead atoms. The lowest BCUT2D eigenvalue weighted by Gasteiger charge is -2.45. The van der Waals surface area contributed by atoms with Crippen LogP contribution in [-0.2, 0) is 16.1 Å². The minimum absolute atomic E-state index is 0.209. The molecule has 8 nitrogen and oxygen atoms in total. The molecule has 0 saturated carbocycles. The van der Waals surface area contributed by atoms with Crippen LogP contribution in [0.4, 0.5) is 5.95 Å². The van der Waals surface area contributed by atoms with Crippen molar-refractivity contribution in [1.82, 2.24) is 25.1 Å². The van der Waals surface area contributed by atoms with E-state index in [0.29, 0.717) is 0 Å². The Labute approximate surface area is 160 Å². The summed E-state index contributed by atoms with van der Waals surface area (Å²) in [7, 11) is 2.10. The van der Waals surface area contributed by atoms with Crippen molar-refractivity contribution in [2.45, 2.75) is 31.3 Å². The Balaban J connectivity index is 1.34. The molecule has 0 atom stereocenters. The summed E-state index contributed by atoms with van der Waals surface area (Å²) in [5.41, 5.74) is 0.797. The number of ether oxygens (including phenoxy) is 1. The van der Waals surface area contributed by atoms with E-state index in [-0.39, 0.29) is 11.4 Å². The molecule has 4 rings (SSSR count). The number of amides is 1. The van der Waals surface area contributed by atoms with Crippen LogP contribution in [0, 0.1) is 0 Å². The fourth-order valence-corrected chi connectivity index (χ4v) is 4.37. The summed E-state index contributed by atoms with van der Waals surface area (Å²) in [6.45, 7) is 7.63. The van der Waals surface area contributed by atoms with Gasteiger partial charge in [-0.2, -0.15) is 0 Å². The number of aromatic nitrogens is 2. The standard InChI is InChI=1S/C19H30N6O2/c1-23-6-2-5-20-17(26)19(23)3-7-24(8-4-19)15-16-13-21-18(22-14-16)25-9-11-27-12-10-25/h13-14H,2-12,15H2,1H3,(H,20,26). The molecule has 0 unspecified atom stereocenters. The maximum absolute atomic E-state index is 12.6. The van der Waals surface area contributed by atoms with Crippen molar-refractivity contribution < 1.29 is 9.53 Å². The maximum Gasteiger partial charge on any atom is 0.240 e. The molecule has 0 radical (unpaired) electrons. The zero-order valence-corrected chi connectivity index (χ0v) is 16.2. The van der Waals surface area contributed by atoms with Crippen LogP contribution >= 0.6 is 0 Å². The van der Waals surface area contributed by atoms with Gasteiger partial charge >= 0.3 is 0 Å². The van der Waals surface area contributed by atoms with Gasteiger partial charge in [0.05, 0.1) is 13.2 Å². The average molecular weight is 374 g/mol. The van der Waals surface area contributed by atoms with E-state index in [0.717, 1.165) is 89.8 Å². The molecule has 1 aromatic heterocycles. The van der Waals surface area contributed by atoms with Crippen LogP contribution < -0.4 is 10.2 Å². The van der Waals surface area contributed by atoms with Gasteiger partial charge in [-0.25, -0.2) is 9.97 Å². The normalized spacial score (nSPS) is 24.6. The minimum atomic E-state index is -0.330. The van der Waals surface area contributed by atoms with Crippen LogP contribution in [0.2, 0.25) is 0 Å². The van der Waals surface area contributed by atoms with E-state index in [2.05, 4.69) is 37.0 Å². The van der Waals surface area contributed by atoms with E-state index in [9.17, 15) is 4.79 Å². The molecule has 0 aliphatic carbocycles. The molecular formula is C19H30N6O2. The summed E-state index contributed by atoms with van der Waals surface area (Å²) in [6, 6.07) is 0. The van der Waals surface area contributed by atoms with Crippen LogP contribution in [0.1, 0.15) is 24.8 Å². The van der Waals surface area contributed by atoms with Crippen molar-refractivity contribution in [3.63, 3.8) is 0 Å². The van der Waals surface area contributed by atoms with Gasteiger partial charge in [0.15, 0.2) is 0 Å². The number of anilines is 1. The lowest BCUT2D eigenvalue weighted by molar-refractivity contribution is -0.134. The van der Waals surface area contributed by atoms with E-state index in [4.69, 9.17) is 4.74 Å². The van der Waals surface area contributed by atoms with Gasteiger partial charge in [-0.15, -0.1) is 0 Å². The monoisotopic (exact) mass is 374 g/mol. The summed E-state index contributed by atoms with van der Waals surface area (Å²) in [4.78, 5) is 28.6. The van der Waals surface area contributed by atoms with Crippen LogP contribution in [0.15, 0.2) is 12.4 Å². The van der Waals surface area contributed by atoms with Crippen molar-refractivity contribution in [2.24, 2.45) is 0 Å². The summed E-state index contributed by atoms with van der Waals surface area (Å²) in [6.07, 6.45) is 6.66. The molecule has 0 aromatic carbocycles. The predicted molar refractivity (Wildman–Crippen MR) is 103 cm³/mol. The number of nitrogens with one attached hydrogen (secondary N) is 1. The SMILES string of the molecule is CN1CCCNC(=O)C12CCN(Cc1cnc(N3CCOCC3)nc1)CC2. The summed E-state index contributed by atoms with van der Waals surface area (Å²) in [5, 5.41) is 3.10. The molecule has 3 aliphatic rings. The number of likely N-dealkylation sites (tertiary alicyclic amines) is 1. The fraction of sp³-hybridized carbons (Fsp3) is 0.737. The van der Waals surface area contributed by atoms with E-state index < -0.39 is 0 Å². The largest absolute Gasteiger partial charge is 0.378 e. The number of nitrogens with zero attached hydrogens (tertiary/aromatic N) is 5. The number of hydrogen-bond donors (Lipinski definition) is 1. The number of carbonyl (C=O) groups is 1. The number of morpholine rings is 1. The number of rotatable bonds is 3. The molecule has 3 aliphatic heterocycles. The van der Waals surface area contributed by atoms with Gasteiger partial charge in [0.2, 0.25) is 11.9 Å². The van der Waals surface area contributed by atoms with Gasteiger partial charge in [-0.3, -0.25) is 14.6 Å². The number of likely N-dealkylation sites (N-methyl/N-ethyl adjacent to an activating group) is 1. The van der Waals surface area contributed by atoms with Gasteiger partial charge in [0.25, 0.3) is 0 Å². The van der Waals surface area contributed by atoms with E-state index in [1.165, 1.54) is 0 Å². The first-order valence-electron chi connectivity index (χ1n) is 10.0. The summed E-state index contributed by atoms with van der Waals surface area (Å²) >= 11 is 0. The highest BCUT2D eigenvalue weighted by Gasteiger charge is 2.45. The summed E-state index contributed by atoms with van der Waals surface area (Å²) in [5.74, 6) is 0.997. The van der Waals surface area contributed by atoms with E-state index >= 15 is 0 Å². The molecule has 4 heterocycles. The molecule has 8 heteroatoms. The smallest absolute Gasteiger partial charge is 0.240 e. The highest BCUT2D eigenvalue weighted by atomic mass is 16.5. The Morgan fingerprint density at radius 3 is 2.52 bits per heavy atom. The van der Waals surface area contributed by atoms with Crippen molar-refractivity contribution in [2.75, 3.05) is 64.4 Å². The Morgan fingerprint density at radius 1 is 1.11 bits per heavy atom. The molecule has 1 N–H and O–H groups in total. The topological polar surface area (TPSA) is 73.8 Å². The second-order valence-electron chi connectivity index (χ2n) is 7.83. The molecule has 3 saturated heterocycles. The second kappa shape index (κ2) is 8.08. The molecule has 1 aromatic rings. The molecule has 3 fully saturated rings. The predicted octanol–water partition coefficient (Wildman–Crippen LogP) is 0.0995. The Morgan fingerprint density at radius 2 is 1.81 bits per heavy atom. The highest BCUT2D eigenvalue weighted by Crippen LogP contribution is 2.30. The van der Waals surface area contributed by atoms with Gasteiger partial charge in [0, 0.05) is 63.8 Å². The van der Waals surface area contributed by atoms with Gasteiger partial charge in [-0.05, 0) is 26.3 Å². The van der Waals surface area contributed by atoms with Crippen molar-refractivity contribution >= 4 is 11.9 Å². The first kappa shape index (κ1) is 18.6. The summed E-state index contributed by atoms with van der Waals surface area (Å²) < 4.78 is 5.38. The van der Waals surface area contributed by atoms with Crippen LogP contribution in [-0.4, -0.2) is 90.7 Å². The Hall–Kier alpha value is -1.77. The van der Waals surface area contributed by atoms with Crippen molar-refractivity contribution in [3.05, 3.63) is 18.0 Å². The third kappa shape index (κ3) is 3.93. The Bertz CT molecular complexity index is 638. The van der Waals surface area contributed by atoms with E-state index in [1.807, 2.05) is 12.4 Å². The minimum Gasteiger partial charge on any atom is -0.378 e. The zero-order chi connectivity index (χ0) is 18.7. The van der Waals surface area contributed by atoms with Crippen molar-refractivity contribution in [1.29, 1.82) is 0 Å². The number of carbonyl (C=O) groups excluding carboxylic acids is 1. The maximum atomic E-state index is 12.6. The van der Waals surface area contributed by atoms with E-state index in [1.54, 1.807) is 0 Å². The second-order valence-corrected chi connectivity index (χ2v) is 7.83. The van der Waals surface area contributed by atoms with Crippen LogP contribution in [0.3, 0.4) is 0 Å². The first-order valence-corrected chi connectivity index (χ1v) is 10.0. The van der Waals surface area contributed by atoms with Crippen LogP contribution in [0.5, 0.6) is 0 Å². The van der Waals surface area contributed by atoms with Crippen molar-refractivity contribution in [3.8, 4) is 0 Å². The number of hydrogen-bond acceptors (Lipinski definition) is 7. The van der Waals surface area contributed by atoms with Gasteiger partial charge < -0.3 is 15.0 Å². The first-order chi connectivity index (χ1) is 13.2. The molecule has 1 amide bonds.